The fourth-order valence-corrected chi connectivity index (χ4v) is 1.86. The van der Waals surface area contributed by atoms with Crippen molar-refractivity contribution in [2.75, 3.05) is 13.2 Å². The lowest BCUT2D eigenvalue weighted by Gasteiger charge is -2.23. The summed E-state index contributed by atoms with van der Waals surface area (Å²) in [5, 5.41) is 2.92. The average molecular weight is 236 g/mol. The fraction of sp³-hybridized carbons (Fsp3) is 0.500. The van der Waals surface area contributed by atoms with Crippen molar-refractivity contribution in [2.24, 2.45) is 0 Å². The highest BCUT2D eigenvalue weighted by molar-refractivity contribution is 5.76. The maximum Gasteiger partial charge on any atom is 0.250 e. The van der Waals surface area contributed by atoms with Crippen LogP contribution in [0.2, 0.25) is 0 Å². The van der Waals surface area contributed by atoms with E-state index in [2.05, 4.69) is 5.32 Å². The minimum atomic E-state index is -0.158. The summed E-state index contributed by atoms with van der Waals surface area (Å²) < 4.78 is 6.61. The van der Waals surface area contributed by atoms with Gasteiger partial charge in [0, 0.05) is 31.5 Å². The largest absolute Gasteiger partial charge is 0.381 e. The third-order valence-corrected chi connectivity index (χ3v) is 2.80. The molecule has 2 heterocycles. The number of pyridine rings is 1. The van der Waals surface area contributed by atoms with E-state index in [9.17, 15) is 9.59 Å². The molecule has 5 nitrogen and oxygen atoms in total. The molecule has 92 valence electrons. The molecule has 1 aliphatic rings. The van der Waals surface area contributed by atoms with Crippen LogP contribution >= 0.6 is 0 Å². The Balaban J connectivity index is 1.89. The molecule has 2 rings (SSSR count). The van der Waals surface area contributed by atoms with Gasteiger partial charge in [0.15, 0.2) is 0 Å². The zero-order chi connectivity index (χ0) is 12.1. The van der Waals surface area contributed by atoms with Crippen LogP contribution in [0.15, 0.2) is 29.2 Å². The lowest BCUT2D eigenvalue weighted by atomic mass is 10.1. The molecule has 5 heteroatoms. The molecular weight excluding hydrogens is 220 g/mol. The van der Waals surface area contributed by atoms with Gasteiger partial charge in [0.2, 0.25) is 5.91 Å². The number of carbonyl (C=O) groups is 1. The predicted molar refractivity (Wildman–Crippen MR) is 62.7 cm³/mol. The zero-order valence-electron chi connectivity index (χ0n) is 9.59. The summed E-state index contributed by atoms with van der Waals surface area (Å²) in [7, 11) is 0. The topological polar surface area (TPSA) is 60.3 Å². The molecule has 0 bridgehead atoms. The van der Waals surface area contributed by atoms with E-state index in [0.717, 1.165) is 12.8 Å². The number of nitrogens with one attached hydrogen (secondary N) is 1. The highest BCUT2D eigenvalue weighted by Gasteiger charge is 2.16. The Morgan fingerprint density at radius 2 is 2.18 bits per heavy atom. The first-order valence-corrected chi connectivity index (χ1v) is 5.78. The second-order valence-corrected chi connectivity index (χ2v) is 4.12. The molecule has 0 unspecified atom stereocenters. The molecule has 0 atom stereocenters. The molecule has 0 aliphatic carbocycles. The molecule has 1 fully saturated rings. The molecule has 1 saturated heterocycles. The molecule has 0 spiro atoms. The maximum atomic E-state index is 11.7. The van der Waals surface area contributed by atoms with Crippen molar-refractivity contribution in [1.82, 2.24) is 9.88 Å². The SMILES string of the molecule is O=C(Cn1ccccc1=O)NC1CCOCC1. The first-order chi connectivity index (χ1) is 8.25. The van der Waals surface area contributed by atoms with Crippen LogP contribution in [0.5, 0.6) is 0 Å². The van der Waals surface area contributed by atoms with Crippen LogP contribution in [0.25, 0.3) is 0 Å². The molecule has 1 aromatic heterocycles. The summed E-state index contributed by atoms with van der Waals surface area (Å²) >= 11 is 0. The number of amides is 1. The second-order valence-electron chi connectivity index (χ2n) is 4.12. The standard InChI is InChI=1S/C12H16N2O3/c15-11(13-10-4-7-17-8-5-10)9-14-6-2-1-3-12(14)16/h1-3,6,10H,4-5,7-9H2,(H,13,15). The zero-order valence-corrected chi connectivity index (χ0v) is 9.59. The van der Waals surface area contributed by atoms with E-state index in [1.165, 1.54) is 10.6 Å². The van der Waals surface area contributed by atoms with Gasteiger partial charge >= 0.3 is 0 Å². The van der Waals surface area contributed by atoms with E-state index >= 15 is 0 Å². The maximum absolute atomic E-state index is 11.7. The summed E-state index contributed by atoms with van der Waals surface area (Å²) in [6.45, 7) is 1.46. The normalized spacial score (nSPS) is 16.7. The van der Waals surface area contributed by atoms with Crippen molar-refractivity contribution in [3.05, 3.63) is 34.7 Å². The van der Waals surface area contributed by atoms with Crippen LogP contribution in [0, 0.1) is 0 Å². The summed E-state index contributed by atoms with van der Waals surface area (Å²) in [6.07, 6.45) is 3.30. The van der Waals surface area contributed by atoms with Gasteiger partial charge in [-0.15, -0.1) is 0 Å². The monoisotopic (exact) mass is 236 g/mol. The van der Waals surface area contributed by atoms with Crippen molar-refractivity contribution in [2.45, 2.75) is 25.4 Å². The summed E-state index contributed by atoms with van der Waals surface area (Å²) in [5.41, 5.74) is -0.158. The molecule has 17 heavy (non-hydrogen) atoms. The number of aromatic nitrogens is 1. The average Bonchev–Trinajstić information content (AvgIpc) is 2.33. The fourth-order valence-electron chi connectivity index (χ4n) is 1.86. The molecule has 0 saturated carbocycles. The van der Waals surface area contributed by atoms with Gasteiger partial charge in [-0.2, -0.15) is 0 Å². The Morgan fingerprint density at radius 1 is 1.41 bits per heavy atom. The quantitative estimate of drug-likeness (QED) is 0.812. The molecule has 1 N–H and O–H groups in total. The highest BCUT2D eigenvalue weighted by atomic mass is 16.5. The van der Waals surface area contributed by atoms with E-state index < -0.39 is 0 Å². The van der Waals surface area contributed by atoms with Crippen molar-refractivity contribution in [1.29, 1.82) is 0 Å². The summed E-state index contributed by atoms with van der Waals surface area (Å²) in [4.78, 5) is 23.1. The van der Waals surface area contributed by atoms with Crippen LogP contribution in [-0.4, -0.2) is 29.7 Å². The number of nitrogens with zero attached hydrogens (tertiary/aromatic N) is 1. The van der Waals surface area contributed by atoms with E-state index in [0.29, 0.717) is 13.2 Å². The first-order valence-electron chi connectivity index (χ1n) is 5.78. The van der Waals surface area contributed by atoms with E-state index in [4.69, 9.17) is 4.74 Å². The third-order valence-electron chi connectivity index (χ3n) is 2.80. The van der Waals surface area contributed by atoms with Gasteiger partial charge in [-0.1, -0.05) is 6.07 Å². The summed E-state index contributed by atoms with van der Waals surface area (Å²) in [5.74, 6) is -0.120. The van der Waals surface area contributed by atoms with Crippen LogP contribution < -0.4 is 10.9 Å². The van der Waals surface area contributed by atoms with E-state index in [1.54, 1.807) is 18.3 Å². The van der Waals surface area contributed by atoms with Crippen LogP contribution in [0.4, 0.5) is 0 Å². The minimum absolute atomic E-state index is 0.0804. The van der Waals surface area contributed by atoms with Crippen molar-refractivity contribution in [3.63, 3.8) is 0 Å². The molecule has 1 aromatic rings. The van der Waals surface area contributed by atoms with Crippen LogP contribution in [0.1, 0.15) is 12.8 Å². The van der Waals surface area contributed by atoms with Gasteiger partial charge in [0.05, 0.1) is 0 Å². The molecule has 1 aliphatic heterocycles. The van der Waals surface area contributed by atoms with Crippen molar-refractivity contribution in [3.8, 4) is 0 Å². The van der Waals surface area contributed by atoms with Gasteiger partial charge in [-0.3, -0.25) is 9.59 Å². The highest BCUT2D eigenvalue weighted by Crippen LogP contribution is 2.05. The van der Waals surface area contributed by atoms with Gasteiger partial charge in [-0.25, -0.2) is 0 Å². The van der Waals surface area contributed by atoms with Crippen molar-refractivity contribution >= 4 is 5.91 Å². The Morgan fingerprint density at radius 3 is 2.88 bits per heavy atom. The van der Waals surface area contributed by atoms with E-state index in [-0.39, 0.29) is 24.1 Å². The number of rotatable bonds is 3. The number of ether oxygens (including phenoxy) is 1. The van der Waals surface area contributed by atoms with Crippen LogP contribution in [0.3, 0.4) is 0 Å². The van der Waals surface area contributed by atoms with Gasteiger partial charge in [0.1, 0.15) is 6.54 Å². The number of hydrogen-bond acceptors (Lipinski definition) is 3. The summed E-state index contributed by atoms with van der Waals surface area (Å²) in [6, 6.07) is 5.02. The smallest absolute Gasteiger partial charge is 0.250 e. The van der Waals surface area contributed by atoms with Gasteiger partial charge in [0.25, 0.3) is 5.56 Å². The molecule has 0 aromatic carbocycles. The van der Waals surface area contributed by atoms with Crippen molar-refractivity contribution < 1.29 is 9.53 Å². The minimum Gasteiger partial charge on any atom is -0.381 e. The van der Waals surface area contributed by atoms with Gasteiger partial charge < -0.3 is 14.6 Å². The Bertz CT molecular complexity index is 435. The number of carbonyl (C=O) groups excluding carboxylic acids is 1. The molecular formula is C12H16N2O3. The first kappa shape index (κ1) is 11.9. The molecule has 0 radical (unpaired) electrons. The lowest BCUT2D eigenvalue weighted by molar-refractivity contribution is -0.123. The molecule has 1 amide bonds. The lowest BCUT2D eigenvalue weighted by Crippen LogP contribution is -2.41. The Labute approximate surface area is 99.4 Å². The second kappa shape index (κ2) is 5.63. The predicted octanol–water partition coefficient (Wildman–Crippen LogP) is 0.143. The number of hydrogen-bond donors (Lipinski definition) is 1. The third kappa shape index (κ3) is 3.42. The van der Waals surface area contributed by atoms with Gasteiger partial charge in [-0.05, 0) is 18.9 Å². The Kier molecular flexibility index (Phi) is 3.93. The van der Waals surface area contributed by atoms with E-state index in [1.807, 2.05) is 0 Å². The Hall–Kier alpha value is -1.62. The van der Waals surface area contributed by atoms with Crippen LogP contribution in [-0.2, 0) is 16.1 Å².